The van der Waals surface area contributed by atoms with Crippen LogP contribution in [-0.4, -0.2) is 97.1 Å². The summed E-state index contributed by atoms with van der Waals surface area (Å²) in [7, 11) is 2.28. The van der Waals surface area contributed by atoms with Crippen LogP contribution in [0.15, 0.2) is 0 Å². The van der Waals surface area contributed by atoms with Gasteiger partial charge in [0, 0.05) is 31.2 Å². The number of hydrogen-bond donors (Lipinski definition) is 0. The van der Waals surface area contributed by atoms with Crippen LogP contribution in [0, 0.1) is 5.41 Å². The fourth-order valence-electron chi connectivity index (χ4n) is 5.87. The van der Waals surface area contributed by atoms with Gasteiger partial charge in [-0.2, -0.15) is 0 Å². The Kier molecular flexibility index (Phi) is 5.43. The van der Waals surface area contributed by atoms with Crippen LogP contribution in [0.25, 0.3) is 0 Å². The fraction of sp³-hybridized carbons (Fsp3) is 1.00. The average Bonchev–Trinajstić information content (AvgIpc) is 2.61. The van der Waals surface area contributed by atoms with Gasteiger partial charge in [-0.3, -0.25) is 4.90 Å². The van der Waals surface area contributed by atoms with Crippen LogP contribution in [0.1, 0.15) is 52.4 Å². The molecule has 144 valence electrons. The van der Waals surface area contributed by atoms with Crippen LogP contribution < -0.4 is 0 Å². The number of piperidine rings is 3. The quantitative estimate of drug-likeness (QED) is 0.776. The van der Waals surface area contributed by atoms with E-state index in [1.807, 2.05) is 0 Å². The fourth-order valence-corrected chi connectivity index (χ4v) is 5.87. The minimum Gasteiger partial charge on any atom is -0.306 e. The summed E-state index contributed by atoms with van der Waals surface area (Å²) < 4.78 is 0. The first kappa shape index (κ1) is 18.2. The first-order valence-corrected chi connectivity index (χ1v) is 11.0. The minimum atomic E-state index is 0.702. The van der Waals surface area contributed by atoms with Crippen molar-refractivity contribution in [2.24, 2.45) is 5.41 Å². The molecule has 0 aromatic carbocycles. The maximum Gasteiger partial charge on any atom is 0.0120 e. The molecule has 4 saturated heterocycles. The Balaban J connectivity index is 1.19. The highest BCUT2D eigenvalue weighted by Crippen LogP contribution is 2.42. The van der Waals surface area contributed by atoms with E-state index in [1.54, 1.807) is 0 Å². The zero-order chi connectivity index (χ0) is 17.4. The Hall–Kier alpha value is -0.160. The van der Waals surface area contributed by atoms with Gasteiger partial charge in [-0.25, -0.2) is 0 Å². The van der Waals surface area contributed by atoms with Crippen LogP contribution >= 0.6 is 0 Å². The minimum absolute atomic E-state index is 0.702. The normalized spacial score (nSPS) is 31.7. The summed E-state index contributed by atoms with van der Waals surface area (Å²) in [5.74, 6) is 0. The maximum absolute atomic E-state index is 2.84. The molecule has 4 aliphatic rings. The highest BCUT2D eigenvalue weighted by atomic mass is 15.3. The van der Waals surface area contributed by atoms with Gasteiger partial charge in [-0.05, 0) is 104 Å². The van der Waals surface area contributed by atoms with Gasteiger partial charge in [-0.15, -0.1) is 0 Å². The van der Waals surface area contributed by atoms with Gasteiger partial charge >= 0.3 is 0 Å². The van der Waals surface area contributed by atoms with Crippen molar-refractivity contribution in [3.63, 3.8) is 0 Å². The summed E-state index contributed by atoms with van der Waals surface area (Å²) in [6.45, 7) is 15.5. The Morgan fingerprint density at radius 1 is 0.720 bits per heavy atom. The lowest BCUT2D eigenvalue weighted by Crippen LogP contribution is -2.64. The standard InChI is InChI=1S/C21H40N4/c1-18(2)23-10-4-19(5-11-23)24-12-6-20(7-13-24)25-16-21(17-25)8-14-22(3)15-9-21/h18-20H,4-17H2,1-3H3. The Morgan fingerprint density at radius 2 is 1.24 bits per heavy atom. The van der Waals surface area contributed by atoms with Crippen molar-refractivity contribution in [3.8, 4) is 0 Å². The van der Waals surface area contributed by atoms with Gasteiger partial charge in [0.25, 0.3) is 0 Å². The van der Waals surface area contributed by atoms with E-state index < -0.39 is 0 Å². The lowest BCUT2D eigenvalue weighted by Gasteiger charge is -2.57. The van der Waals surface area contributed by atoms with Crippen LogP contribution in [-0.2, 0) is 0 Å². The molecule has 1 spiro atoms. The van der Waals surface area contributed by atoms with Gasteiger partial charge in [0.05, 0.1) is 0 Å². The molecule has 25 heavy (non-hydrogen) atoms. The number of rotatable bonds is 3. The largest absolute Gasteiger partial charge is 0.306 e. The third-order valence-corrected chi connectivity index (χ3v) is 7.89. The third-order valence-electron chi connectivity index (χ3n) is 7.89. The first-order chi connectivity index (χ1) is 12.0. The van der Waals surface area contributed by atoms with E-state index in [-0.39, 0.29) is 0 Å². The molecule has 4 fully saturated rings. The molecular weight excluding hydrogens is 308 g/mol. The van der Waals surface area contributed by atoms with Crippen molar-refractivity contribution in [1.29, 1.82) is 0 Å². The first-order valence-electron chi connectivity index (χ1n) is 11.0. The predicted molar refractivity (Wildman–Crippen MR) is 105 cm³/mol. The van der Waals surface area contributed by atoms with Crippen LogP contribution in [0.5, 0.6) is 0 Å². The molecule has 0 aromatic rings. The molecule has 0 radical (unpaired) electrons. The number of nitrogens with zero attached hydrogens (tertiary/aromatic N) is 4. The van der Waals surface area contributed by atoms with Crippen molar-refractivity contribution in [2.75, 3.05) is 59.4 Å². The molecule has 0 bridgehead atoms. The van der Waals surface area contributed by atoms with E-state index in [0.717, 1.165) is 18.1 Å². The molecule has 0 saturated carbocycles. The second-order valence-corrected chi connectivity index (χ2v) is 9.84. The smallest absolute Gasteiger partial charge is 0.0120 e. The maximum atomic E-state index is 2.84. The molecule has 0 atom stereocenters. The van der Waals surface area contributed by atoms with Crippen LogP contribution in [0.3, 0.4) is 0 Å². The molecule has 4 heteroatoms. The van der Waals surface area contributed by atoms with Gasteiger partial charge in [0.2, 0.25) is 0 Å². The summed E-state index contributed by atoms with van der Waals surface area (Å²) in [5, 5.41) is 0. The van der Waals surface area contributed by atoms with Gasteiger partial charge < -0.3 is 14.7 Å². The summed E-state index contributed by atoms with van der Waals surface area (Å²) in [5.41, 5.74) is 0.702. The van der Waals surface area contributed by atoms with Crippen LogP contribution in [0.4, 0.5) is 0 Å². The molecular formula is C21H40N4. The number of likely N-dealkylation sites (tertiary alicyclic amines) is 4. The Morgan fingerprint density at radius 3 is 1.80 bits per heavy atom. The molecule has 0 unspecified atom stereocenters. The van der Waals surface area contributed by atoms with E-state index >= 15 is 0 Å². The topological polar surface area (TPSA) is 13.0 Å². The Bertz CT molecular complexity index is 419. The molecule has 4 nitrogen and oxygen atoms in total. The van der Waals surface area contributed by atoms with Crippen molar-refractivity contribution < 1.29 is 0 Å². The summed E-state index contributed by atoms with van der Waals surface area (Å²) in [6, 6.07) is 2.48. The molecule has 4 rings (SSSR count). The van der Waals surface area contributed by atoms with E-state index in [2.05, 4.69) is 40.5 Å². The van der Waals surface area contributed by atoms with Crippen molar-refractivity contribution in [2.45, 2.75) is 70.5 Å². The SMILES string of the molecule is CC(C)N1CCC(N2CCC(N3CC4(CCN(C)CC4)C3)CC2)CC1. The van der Waals surface area contributed by atoms with Crippen LogP contribution in [0.2, 0.25) is 0 Å². The average molecular weight is 349 g/mol. The van der Waals surface area contributed by atoms with Gasteiger partial charge in [0.15, 0.2) is 0 Å². The molecule has 0 aliphatic carbocycles. The highest BCUT2D eigenvalue weighted by molar-refractivity contribution is 5.01. The summed E-state index contributed by atoms with van der Waals surface area (Å²) >= 11 is 0. The lowest BCUT2D eigenvalue weighted by atomic mass is 9.71. The highest BCUT2D eigenvalue weighted by Gasteiger charge is 2.46. The van der Waals surface area contributed by atoms with E-state index in [1.165, 1.54) is 90.9 Å². The molecule has 0 aromatic heterocycles. The van der Waals surface area contributed by atoms with Gasteiger partial charge in [0.1, 0.15) is 0 Å². The van der Waals surface area contributed by atoms with E-state index in [4.69, 9.17) is 0 Å². The summed E-state index contributed by atoms with van der Waals surface area (Å²) in [6.07, 6.45) is 8.49. The van der Waals surface area contributed by atoms with Gasteiger partial charge in [-0.1, -0.05) is 0 Å². The third kappa shape index (κ3) is 3.92. The second kappa shape index (κ2) is 7.46. The zero-order valence-corrected chi connectivity index (χ0v) is 16.9. The molecule has 0 N–H and O–H groups in total. The zero-order valence-electron chi connectivity index (χ0n) is 16.9. The van der Waals surface area contributed by atoms with E-state index in [9.17, 15) is 0 Å². The monoisotopic (exact) mass is 348 g/mol. The lowest BCUT2D eigenvalue weighted by molar-refractivity contribution is -0.0805. The Labute approximate surface area is 155 Å². The van der Waals surface area contributed by atoms with Crippen molar-refractivity contribution >= 4 is 0 Å². The van der Waals surface area contributed by atoms with Crippen molar-refractivity contribution in [3.05, 3.63) is 0 Å². The second-order valence-electron chi connectivity index (χ2n) is 9.84. The molecule has 4 heterocycles. The number of hydrogen-bond acceptors (Lipinski definition) is 4. The predicted octanol–water partition coefficient (Wildman–Crippen LogP) is 2.35. The molecule has 0 amide bonds. The van der Waals surface area contributed by atoms with E-state index in [0.29, 0.717) is 5.41 Å². The summed E-state index contributed by atoms with van der Waals surface area (Å²) in [4.78, 5) is 10.8. The van der Waals surface area contributed by atoms with Crippen molar-refractivity contribution in [1.82, 2.24) is 19.6 Å². The molecule has 4 aliphatic heterocycles.